The Hall–Kier alpha value is -1.97. The SMILES string of the molecule is CCN(CC)S(=O)(=O)c1ccc(C)c(C(=O)OCC(=O)N2CCOCC2)c1. The van der Waals surface area contributed by atoms with Crippen LogP contribution in [-0.2, 0) is 24.3 Å². The van der Waals surface area contributed by atoms with Crippen molar-refractivity contribution in [3.8, 4) is 0 Å². The molecule has 1 fully saturated rings. The number of benzene rings is 1. The van der Waals surface area contributed by atoms with Gasteiger partial charge in [0.15, 0.2) is 6.61 Å². The van der Waals surface area contributed by atoms with Gasteiger partial charge in [-0.05, 0) is 24.6 Å². The number of nitrogens with zero attached hydrogens (tertiary/aromatic N) is 2. The molecule has 1 amide bonds. The number of morpholine rings is 1. The van der Waals surface area contributed by atoms with Crippen molar-refractivity contribution in [3.05, 3.63) is 29.3 Å². The molecule has 0 saturated carbocycles. The molecule has 0 aliphatic carbocycles. The van der Waals surface area contributed by atoms with Crippen LogP contribution in [0.2, 0.25) is 0 Å². The Morgan fingerprint density at radius 2 is 1.81 bits per heavy atom. The van der Waals surface area contributed by atoms with E-state index in [1.807, 2.05) is 0 Å². The Labute approximate surface area is 160 Å². The monoisotopic (exact) mass is 398 g/mol. The van der Waals surface area contributed by atoms with Gasteiger partial charge in [-0.2, -0.15) is 4.31 Å². The minimum absolute atomic E-state index is 0.0308. The van der Waals surface area contributed by atoms with E-state index in [1.165, 1.54) is 16.4 Å². The minimum atomic E-state index is -3.69. The lowest BCUT2D eigenvalue weighted by Crippen LogP contribution is -2.42. The molecule has 0 N–H and O–H groups in total. The normalized spacial score (nSPS) is 15.0. The van der Waals surface area contributed by atoms with E-state index < -0.39 is 16.0 Å². The van der Waals surface area contributed by atoms with Gasteiger partial charge in [0.25, 0.3) is 5.91 Å². The maximum atomic E-state index is 12.7. The fraction of sp³-hybridized carbons (Fsp3) is 0.556. The molecule has 2 rings (SSSR count). The van der Waals surface area contributed by atoms with E-state index in [2.05, 4.69) is 0 Å². The van der Waals surface area contributed by atoms with Crippen molar-refractivity contribution >= 4 is 21.9 Å². The van der Waals surface area contributed by atoms with Gasteiger partial charge in [-0.25, -0.2) is 13.2 Å². The first-order chi connectivity index (χ1) is 12.8. The number of hydrogen-bond acceptors (Lipinski definition) is 6. The molecule has 1 aliphatic rings. The summed E-state index contributed by atoms with van der Waals surface area (Å²) in [7, 11) is -3.69. The predicted octanol–water partition coefficient (Wildman–Crippen LogP) is 1.04. The van der Waals surface area contributed by atoms with E-state index in [1.54, 1.807) is 31.7 Å². The van der Waals surface area contributed by atoms with E-state index in [9.17, 15) is 18.0 Å². The highest BCUT2D eigenvalue weighted by Crippen LogP contribution is 2.20. The number of aryl methyl sites for hydroxylation is 1. The third-order valence-electron chi connectivity index (χ3n) is 4.46. The zero-order valence-corrected chi connectivity index (χ0v) is 16.8. The molecule has 1 aromatic carbocycles. The zero-order chi connectivity index (χ0) is 20.0. The van der Waals surface area contributed by atoms with E-state index >= 15 is 0 Å². The molecular formula is C18H26N2O6S. The molecule has 9 heteroatoms. The highest BCUT2D eigenvalue weighted by molar-refractivity contribution is 7.89. The summed E-state index contributed by atoms with van der Waals surface area (Å²) < 4.78 is 36.9. The van der Waals surface area contributed by atoms with E-state index in [-0.39, 0.29) is 23.0 Å². The first kappa shape index (κ1) is 21.3. The molecule has 1 saturated heterocycles. The molecule has 0 bridgehead atoms. The van der Waals surface area contributed by atoms with E-state index in [0.717, 1.165) is 0 Å². The van der Waals surface area contributed by atoms with Crippen molar-refractivity contribution in [2.24, 2.45) is 0 Å². The molecule has 1 heterocycles. The van der Waals surface area contributed by atoms with Crippen LogP contribution in [0, 0.1) is 6.92 Å². The smallest absolute Gasteiger partial charge is 0.338 e. The van der Waals surface area contributed by atoms with Gasteiger partial charge in [0.05, 0.1) is 23.7 Å². The highest BCUT2D eigenvalue weighted by atomic mass is 32.2. The van der Waals surface area contributed by atoms with E-state index in [0.29, 0.717) is 45.0 Å². The first-order valence-corrected chi connectivity index (χ1v) is 10.4. The minimum Gasteiger partial charge on any atom is -0.452 e. The summed E-state index contributed by atoms with van der Waals surface area (Å²) in [6.07, 6.45) is 0. The zero-order valence-electron chi connectivity index (χ0n) is 15.9. The van der Waals surface area contributed by atoms with Gasteiger partial charge < -0.3 is 14.4 Å². The number of amides is 1. The van der Waals surface area contributed by atoms with Crippen molar-refractivity contribution in [3.63, 3.8) is 0 Å². The largest absolute Gasteiger partial charge is 0.452 e. The van der Waals surface area contributed by atoms with Crippen LogP contribution in [0.5, 0.6) is 0 Å². The van der Waals surface area contributed by atoms with E-state index in [4.69, 9.17) is 9.47 Å². The second-order valence-electron chi connectivity index (χ2n) is 6.14. The molecular weight excluding hydrogens is 372 g/mol. The predicted molar refractivity (Wildman–Crippen MR) is 99.0 cm³/mol. The number of sulfonamides is 1. The Morgan fingerprint density at radius 1 is 1.19 bits per heavy atom. The maximum absolute atomic E-state index is 12.7. The fourth-order valence-electron chi connectivity index (χ4n) is 2.80. The average Bonchev–Trinajstić information content (AvgIpc) is 2.67. The second-order valence-corrected chi connectivity index (χ2v) is 8.07. The van der Waals surface area contributed by atoms with Crippen LogP contribution in [0.4, 0.5) is 0 Å². The molecule has 0 aromatic heterocycles. The molecule has 0 radical (unpaired) electrons. The van der Waals surface area contributed by atoms with Crippen LogP contribution >= 0.6 is 0 Å². The number of carbonyl (C=O) groups excluding carboxylic acids is 2. The maximum Gasteiger partial charge on any atom is 0.338 e. The van der Waals surface area contributed by atoms with Gasteiger partial charge in [0, 0.05) is 26.2 Å². The van der Waals surface area contributed by atoms with Crippen LogP contribution < -0.4 is 0 Å². The van der Waals surface area contributed by atoms with Crippen molar-refractivity contribution in [1.82, 2.24) is 9.21 Å². The standard InChI is InChI=1S/C18H26N2O6S/c1-4-20(5-2)27(23,24)15-7-6-14(3)16(12-15)18(22)26-13-17(21)19-8-10-25-11-9-19/h6-7,12H,4-5,8-11,13H2,1-3H3. The van der Waals surface area contributed by atoms with Gasteiger partial charge >= 0.3 is 5.97 Å². The lowest BCUT2D eigenvalue weighted by molar-refractivity contribution is -0.138. The van der Waals surface area contributed by atoms with Crippen LogP contribution in [-0.4, -0.2) is 75.5 Å². The molecule has 27 heavy (non-hydrogen) atoms. The summed E-state index contributed by atoms with van der Waals surface area (Å²) in [5.41, 5.74) is 0.718. The summed E-state index contributed by atoms with van der Waals surface area (Å²) in [5, 5.41) is 0. The molecule has 0 spiro atoms. The van der Waals surface area contributed by atoms with Crippen molar-refractivity contribution in [2.45, 2.75) is 25.7 Å². The fourth-order valence-corrected chi connectivity index (χ4v) is 4.29. The van der Waals surface area contributed by atoms with Gasteiger partial charge in [-0.15, -0.1) is 0 Å². The summed E-state index contributed by atoms with van der Waals surface area (Å²) in [6, 6.07) is 4.35. The first-order valence-electron chi connectivity index (χ1n) is 8.94. The average molecular weight is 398 g/mol. The number of ether oxygens (including phenoxy) is 2. The lowest BCUT2D eigenvalue weighted by Gasteiger charge is -2.26. The van der Waals surface area contributed by atoms with Crippen molar-refractivity contribution in [1.29, 1.82) is 0 Å². The highest BCUT2D eigenvalue weighted by Gasteiger charge is 2.24. The lowest BCUT2D eigenvalue weighted by atomic mass is 10.1. The van der Waals surface area contributed by atoms with Gasteiger partial charge in [0.2, 0.25) is 10.0 Å². The molecule has 8 nitrogen and oxygen atoms in total. The van der Waals surface area contributed by atoms with Crippen LogP contribution in [0.15, 0.2) is 23.1 Å². The van der Waals surface area contributed by atoms with Gasteiger partial charge in [0.1, 0.15) is 0 Å². The molecule has 150 valence electrons. The number of rotatable bonds is 7. The number of esters is 1. The Morgan fingerprint density at radius 3 is 2.41 bits per heavy atom. The second kappa shape index (κ2) is 9.29. The number of carbonyl (C=O) groups is 2. The topological polar surface area (TPSA) is 93.2 Å². The van der Waals surface area contributed by atoms with Crippen LogP contribution in [0.3, 0.4) is 0 Å². The molecule has 0 atom stereocenters. The summed E-state index contributed by atoms with van der Waals surface area (Å²) in [5.74, 6) is -1.01. The summed E-state index contributed by atoms with van der Waals surface area (Å²) in [6.45, 7) is 7.33. The summed E-state index contributed by atoms with van der Waals surface area (Å²) >= 11 is 0. The van der Waals surface area contributed by atoms with Gasteiger partial charge in [-0.1, -0.05) is 19.9 Å². The Kier molecular flexibility index (Phi) is 7.34. The van der Waals surface area contributed by atoms with Crippen molar-refractivity contribution in [2.75, 3.05) is 46.0 Å². The Bertz CT molecular complexity index is 783. The van der Waals surface area contributed by atoms with Gasteiger partial charge in [-0.3, -0.25) is 4.79 Å². The van der Waals surface area contributed by atoms with Crippen LogP contribution in [0.25, 0.3) is 0 Å². The third-order valence-corrected chi connectivity index (χ3v) is 6.51. The number of hydrogen-bond donors (Lipinski definition) is 0. The quantitative estimate of drug-likeness (QED) is 0.637. The molecule has 0 unspecified atom stereocenters. The van der Waals surface area contributed by atoms with Crippen LogP contribution in [0.1, 0.15) is 29.8 Å². The third kappa shape index (κ3) is 5.06. The Balaban J connectivity index is 2.13. The molecule has 1 aliphatic heterocycles. The molecule has 1 aromatic rings. The summed E-state index contributed by atoms with van der Waals surface area (Å²) in [4.78, 5) is 26.1. The van der Waals surface area contributed by atoms with Crippen molar-refractivity contribution < 1.29 is 27.5 Å².